The minimum Gasteiger partial charge on any atom is -0.349 e. The SMILES string of the molecule is N#Cc1ncc(N2C(=O)CCCN(c3ccc(C(=O)NC4CC4)c(F)c3)C2=S)cc1C(F)(F)F. The molecule has 2 amide bonds. The van der Waals surface area contributed by atoms with Crippen LogP contribution in [0.1, 0.15) is 47.3 Å². The molecule has 1 aliphatic carbocycles. The van der Waals surface area contributed by atoms with Crippen molar-refractivity contribution >= 4 is 40.5 Å². The summed E-state index contributed by atoms with van der Waals surface area (Å²) in [6.45, 7) is 0.198. The van der Waals surface area contributed by atoms with Crippen molar-refractivity contribution in [2.75, 3.05) is 16.3 Å². The lowest BCUT2D eigenvalue weighted by molar-refractivity contribution is -0.138. The van der Waals surface area contributed by atoms with Gasteiger partial charge in [0.25, 0.3) is 5.91 Å². The molecular formula is C22H17F4N5O2S. The van der Waals surface area contributed by atoms with Crippen LogP contribution in [0.5, 0.6) is 0 Å². The second-order valence-corrected chi connectivity index (χ2v) is 8.24. The van der Waals surface area contributed by atoms with Gasteiger partial charge in [0.1, 0.15) is 11.9 Å². The fourth-order valence-electron chi connectivity index (χ4n) is 3.55. The number of rotatable bonds is 4. The Kier molecular flexibility index (Phi) is 6.22. The van der Waals surface area contributed by atoms with Crippen LogP contribution in [0, 0.1) is 17.1 Å². The third-order valence-electron chi connectivity index (χ3n) is 5.41. The molecule has 176 valence electrons. The molecule has 1 saturated heterocycles. The molecule has 2 aliphatic rings. The van der Waals surface area contributed by atoms with Crippen LogP contribution in [0.2, 0.25) is 0 Å². The maximum Gasteiger partial charge on any atom is 0.419 e. The Morgan fingerprint density at radius 3 is 2.59 bits per heavy atom. The molecule has 4 rings (SSSR count). The summed E-state index contributed by atoms with van der Waals surface area (Å²) in [7, 11) is 0. The molecule has 0 bridgehead atoms. The molecule has 12 heteroatoms. The summed E-state index contributed by atoms with van der Waals surface area (Å²) in [5.74, 6) is -1.89. The average molecular weight is 491 g/mol. The Bertz CT molecular complexity index is 1220. The molecule has 2 fully saturated rings. The topological polar surface area (TPSA) is 89.3 Å². The van der Waals surface area contributed by atoms with E-state index in [1.165, 1.54) is 23.1 Å². The van der Waals surface area contributed by atoms with Crippen molar-refractivity contribution in [2.45, 2.75) is 37.9 Å². The molecule has 1 aromatic carbocycles. The Morgan fingerprint density at radius 1 is 1.24 bits per heavy atom. The Labute approximate surface area is 197 Å². The van der Waals surface area contributed by atoms with Crippen molar-refractivity contribution in [3.05, 3.63) is 53.1 Å². The summed E-state index contributed by atoms with van der Waals surface area (Å²) in [6.07, 6.45) is -1.94. The highest BCUT2D eigenvalue weighted by molar-refractivity contribution is 7.81. The van der Waals surface area contributed by atoms with Gasteiger partial charge in [-0.05, 0) is 55.7 Å². The summed E-state index contributed by atoms with van der Waals surface area (Å²) in [5.41, 5.74) is -2.29. The molecule has 2 aromatic rings. The zero-order valence-electron chi connectivity index (χ0n) is 17.5. The quantitative estimate of drug-likeness (QED) is 0.515. The van der Waals surface area contributed by atoms with Crippen LogP contribution < -0.4 is 15.1 Å². The van der Waals surface area contributed by atoms with Crippen LogP contribution in [0.4, 0.5) is 28.9 Å². The third-order valence-corrected chi connectivity index (χ3v) is 5.81. The molecule has 1 N–H and O–H groups in total. The van der Waals surface area contributed by atoms with E-state index in [0.29, 0.717) is 12.5 Å². The molecule has 0 atom stereocenters. The molecular weight excluding hydrogens is 474 g/mol. The largest absolute Gasteiger partial charge is 0.419 e. The van der Waals surface area contributed by atoms with Gasteiger partial charge in [0.2, 0.25) is 5.91 Å². The van der Waals surface area contributed by atoms with Crippen molar-refractivity contribution in [3.8, 4) is 6.07 Å². The number of nitrogens with one attached hydrogen (secondary N) is 1. The predicted octanol–water partition coefficient (Wildman–Crippen LogP) is 3.92. The number of aromatic nitrogens is 1. The zero-order valence-corrected chi connectivity index (χ0v) is 18.3. The molecule has 7 nitrogen and oxygen atoms in total. The van der Waals surface area contributed by atoms with E-state index in [1.807, 2.05) is 0 Å². The maximum atomic E-state index is 14.7. The van der Waals surface area contributed by atoms with Crippen LogP contribution in [0.15, 0.2) is 30.5 Å². The van der Waals surface area contributed by atoms with Gasteiger partial charge in [-0.2, -0.15) is 18.4 Å². The number of pyridine rings is 1. The second-order valence-electron chi connectivity index (χ2n) is 7.88. The summed E-state index contributed by atoms with van der Waals surface area (Å²) < 4.78 is 55.0. The predicted molar refractivity (Wildman–Crippen MR) is 118 cm³/mol. The van der Waals surface area contributed by atoms with E-state index in [1.54, 1.807) is 0 Å². The van der Waals surface area contributed by atoms with Gasteiger partial charge < -0.3 is 10.2 Å². The molecule has 1 aromatic heterocycles. The van der Waals surface area contributed by atoms with E-state index in [9.17, 15) is 27.2 Å². The number of amides is 2. The lowest BCUT2D eigenvalue weighted by atomic mass is 10.1. The number of alkyl halides is 3. The number of carbonyl (C=O) groups is 2. The van der Waals surface area contributed by atoms with Gasteiger partial charge in [-0.1, -0.05) is 0 Å². The Hall–Kier alpha value is -3.59. The van der Waals surface area contributed by atoms with Gasteiger partial charge >= 0.3 is 6.18 Å². The molecule has 1 aliphatic heterocycles. The van der Waals surface area contributed by atoms with Crippen LogP contribution in [-0.2, 0) is 11.0 Å². The number of thiocarbonyl (C=S) groups is 1. The van der Waals surface area contributed by atoms with E-state index >= 15 is 0 Å². The highest BCUT2D eigenvalue weighted by Gasteiger charge is 2.37. The van der Waals surface area contributed by atoms with Crippen LogP contribution >= 0.6 is 12.2 Å². The molecule has 0 unspecified atom stereocenters. The summed E-state index contributed by atoms with van der Waals surface area (Å²) in [6, 6.07) is 5.94. The van der Waals surface area contributed by atoms with Gasteiger partial charge in [-0.3, -0.25) is 14.5 Å². The normalized spacial score (nSPS) is 16.8. The van der Waals surface area contributed by atoms with Crippen molar-refractivity contribution in [3.63, 3.8) is 0 Å². The standard InChI is InChI=1S/C22H17F4N5O2S/c23-17-9-13(5-6-15(17)20(33)29-12-3-4-12)30-7-1-2-19(32)31(21(30)34)14-8-16(22(24,25)26)18(10-27)28-11-14/h5-6,8-9,11-12H,1-4,7H2,(H,29,33). The number of benzene rings is 1. The smallest absolute Gasteiger partial charge is 0.349 e. The van der Waals surface area contributed by atoms with Crippen molar-refractivity contribution < 1.29 is 27.2 Å². The Balaban J connectivity index is 1.67. The monoisotopic (exact) mass is 491 g/mol. The Morgan fingerprint density at radius 2 is 1.97 bits per heavy atom. The van der Waals surface area contributed by atoms with E-state index < -0.39 is 35.1 Å². The van der Waals surface area contributed by atoms with Gasteiger partial charge in [0.05, 0.1) is 23.0 Å². The molecule has 0 spiro atoms. The number of carbonyl (C=O) groups excluding carboxylic acids is 2. The van der Waals surface area contributed by atoms with Crippen LogP contribution in [0.3, 0.4) is 0 Å². The lowest BCUT2D eigenvalue weighted by Gasteiger charge is -2.30. The summed E-state index contributed by atoms with van der Waals surface area (Å²) in [4.78, 5) is 30.8. The fraction of sp³-hybridized carbons (Fsp3) is 0.318. The molecule has 34 heavy (non-hydrogen) atoms. The summed E-state index contributed by atoms with van der Waals surface area (Å²) in [5, 5.41) is 11.5. The van der Waals surface area contributed by atoms with Gasteiger partial charge in [-0.25, -0.2) is 9.37 Å². The van der Waals surface area contributed by atoms with E-state index in [-0.39, 0.29) is 41.1 Å². The van der Waals surface area contributed by atoms with Crippen molar-refractivity contribution in [1.29, 1.82) is 5.26 Å². The van der Waals surface area contributed by atoms with Crippen molar-refractivity contribution in [1.82, 2.24) is 10.3 Å². The van der Waals surface area contributed by atoms with Gasteiger partial charge in [0.15, 0.2) is 10.8 Å². The van der Waals surface area contributed by atoms with Crippen LogP contribution in [-0.4, -0.2) is 34.5 Å². The van der Waals surface area contributed by atoms with Crippen molar-refractivity contribution in [2.24, 2.45) is 0 Å². The molecule has 2 heterocycles. The first-order chi connectivity index (χ1) is 16.1. The number of nitrogens with zero attached hydrogens (tertiary/aromatic N) is 4. The fourth-order valence-corrected chi connectivity index (χ4v) is 3.95. The second kappa shape index (κ2) is 8.98. The first-order valence-electron chi connectivity index (χ1n) is 10.3. The number of nitriles is 1. The average Bonchev–Trinajstić information content (AvgIpc) is 3.60. The van der Waals surface area contributed by atoms with Gasteiger partial charge in [0, 0.05) is 24.7 Å². The number of anilines is 2. The number of hydrogen-bond donors (Lipinski definition) is 1. The van der Waals surface area contributed by atoms with Gasteiger partial charge in [-0.15, -0.1) is 0 Å². The minimum atomic E-state index is -4.87. The van der Waals surface area contributed by atoms with E-state index in [2.05, 4.69) is 10.3 Å². The number of hydrogen-bond acceptors (Lipinski definition) is 5. The van der Waals surface area contributed by atoms with Crippen LogP contribution in [0.25, 0.3) is 0 Å². The van der Waals surface area contributed by atoms with E-state index in [0.717, 1.165) is 30.0 Å². The van der Waals surface area contributed by atoms with E-state index in [4.69, 9.17) is 17.5 Å². The minimum absolute atomic E-state index is 0.0254. The first kappa shape index (κ1) is 23.6. The first-order valence-corrected chi connectivity index (χ1v) is 10.7. The highest BCUT2D eigenvalue weighted by Crippen LogP contribution is 2.35. The third kappa shape index (κ3) is 4.70. The number of halogens is 4. The highest BCUT2D eigenvalue weighted by atomic mass is 32.1. The zero-order chi connectivity index (χ0) is 24.6. The maximum absolute atomic E-state index is 14.7. The lowest BCUT2D eigenvalue weighted by Crippen LogP contribution is -2.44. The molecule has 1 saturated carbocycles. The molecule has 0 radical (unpaired) electrons. The summed E-state index contributed by atoms with van der Waals surface area (Å²) >= 11 is 5.42.